The smallest absolute Gasteiger partial charge is 0.328 e. The molecule has 8 heteroatoms. The zero-order valence-electron chi connectivity index (χ0n) is 15.6. The number of carbonyl (C=O) groups excluding carboxylic acids is 1. The molecule has 2 N–H and O–H groups in total. The number of carbonyl (C=O) groups is 2. The first-order chi connectivity index (χ1) is 14.4. The van der Waals surface area contributed by atoms with Crippen LogP contribution in [0.1, 0.15) is 17.8 Å². The molecule has 0 unspecified atom stereocenters. The molecule has 0 saturated heterocycles. The van der Waals surface area contributed by atoms with E-state index in [2.05, 4.69) is 10.3 Å². The van der Waals surface area contributed by atoms with Crippen LogP contribution in [0.3, 0.4) is 0 Å². The molecule has 1 aromatic heterocycles. The van der Waals surface area contributed by atoms with Gasteiger partial charge in [0.05, 0.1) is 10.9 Å². The molecule has 7 nitrogen and oxygen atoms in total. The summed E-state index contributed by atoms with van der Waals surface area (Å²) < 4.78 is 1.64. The van der Waals surface area contributed by atoms with Crippen molar-refractivity contribution in [2.45, 2.75) is 13.0 Å². The molecule has 0 radical (unpaired) electrons. The highest BCUT2D eigenvalue weighted by molar-refractivity contribution is 6.32. The molecular formula is C22H16ClN3O4. The standard InChI is InChI=1S/C22H16ClN3O4/c23-17-4-2-1-3-13(17)11-14-9-10-26-21(14)25-18-12-15(5-6-16(18)22(26)30)24-19(27)7-8-20(28)29/h1-8,11-12H,9-10H2,(H,24,27)(H,28,29)/b8-7-,14-11+. The van der Waals surface area contributed by atoms with E-state index in [0.29, 0.717) is 40.4 Å². The predicted molar refractivity (Wildman–Crippen MR) is 115 cm³/mol. The van der Waals surface area contributed by atoms with Gasteiger partial charge in [0.25, 0.3) is 5.56 Å². The second-order valence-electron chi connectivity index (χ2n) is 6.73. The van der Waals surface area contributed by atoms with Gasteiger partial charge in [-0.2, -0.15) is 0 Å². The molecule has 0 aliphatic carbocycles. The number of carboxylic acids is 1. The minimum atomic E-state index is -1.22. The van der Waals surface area contributed by atoms with Crippen LogP contribution in [0.25, 0.3) is 22.6 Å². The second-order valence-corrected chi connectivity index (χ2v) is 7.13. The van der Waals surface area contributed by atoms with Crippen LogP contribution in [0.15, 0.2) is 59.4 Å². The number of nitrogens with zero attached hydrogens (tertiary/aromatic N) is 2. The van der Waals surface area contributed by atoms with Crippen LogP contribution in [-0.4, -0.2) is 26.5 Å². The first kappa shape index (κ1) is 19.6. The van der Waals surface area contributed by atoms with Gasteiger partial charge in [0, 0.05) is 29.4 Å². The first-order valence-corrected chi connectivity index (χ1v) is 9.52. The van der Waals surface area contributed by atoms with E-state index < -0.39 is 11.9 Å². The molecule has 150 valence electrons. The van der Waals surface area contributed by atoms with E-state index in [1.165, 1.54) is 0 Å². The molecule has 30 heavy (non-hydrogen) atoms. The number of carboxylic acid groups (broad SMARTS) is 1. The number of amides is 1. The van der Waals surface area contributed by atoms with Crippen LogP contribution in [0.4, 0.5) is 5.69 Å². The van der Waals surface area contributed by atoms with Gasteiger partial charge in [-0.25, -0.2) is 9.78 Å². The maximum atomic E-state index is 12.9. The predicted octanol–water partition coefficient (Wildman–Crippen LogP) is 3.57. The fraction of sp³-hybridized carbons (Fsp3) is 0.0909. The van der Waals surface area contributed by atoms with Gasteiger partial charge < -0.3 is 10.4 Å². The summed E-state index contributed by atoms with van der Waals surface area (Å²) in [5.41, 5.74) is 2.46. The second kappa shape index (κ2) is 7.96. The number of allylic oxidation sites excluding steroid dienone is 1. The zero-order valence-corrected chi connectivity index (χ0v) is 16.4. The third kappa shape index (κ3) is 3.88. The van der Waals surface area contributed by atoms with Crippen LogP contribution in [0, 0.1) is 0 Å². The van der Waals surface area contributed by atoms with Gasteiger partial charge in [-0.05, 0) is 47.9 Å². The number of benzene rings is 2. The zero-order chi connectivity index (χ0) is 21.3. The SMILES string of the molecule is O=C(O)/C=C\C(=O)Nc1ccc2c(=O)n3c(nc2c1)/C(=C/c1ccccc1Cl)CC3. The lowest BCUT2D eigenvalue weighted by Crippen LogP contribution is -2.21. The van der Waals surface area contributed by atoms with Gasteiger partial charge in [-0.15, -0.1) is 0 Å². The Labute approximate surface area is 175 Å². The normalized spacial score (nSPS) is 14.4. The Hall–Kier alpha value is -3.71. The summed E-state index contributed by atoms with van der Waals surface area (Å²) in [5, 5.41) is 12.2. The number of hydrogen-bond donors (Lipinski definition) is 2. The number of nitrogens with one attached hydrogen (secondary N) is 1. The van der Waals surface area contributed by atoms with Gasteiger partial charge in [-0.3, -0.25) is 14.2 Å². The van der Waals surface area contributed by atoms with Gasteiger partial charge in [0.15, 0.2) is 0 Å². The fourth-order valence-corrected chi connectivity index (χ4v) is 3.53. The summed E-state index contributed by atoms with van der Waals surface area (Å²) in [6, 6.07) is 12.2. The fourth-order valence-electron chi connectivity index (χ4n) is 3.34. The van der Waals surface area contributed by atoms with Crippen molar-refractivity contribution in [1.82, 2.24) is 9.55 Å². The largest absolute Gasteiger partial charge is 0.478 e. The van der Waals surface area contributed by atoms with Gasteiger partial charge >= 0.3 is 5.97 Å². The van der Waals surface area contributed by atoms with Gasteiger partial charge in [0.1, 0.15) is 5.82 Å². The third-order valence-corrected chi connectivity index (χ3v) is 5.07. The molecular weight excluding hydrogens is 406 g/mol. The number of fused-ring (bicyclic) bond motifs is 2. The maximum Gasteiger partial charge on any atom is 0.328 e. The van der Waals surface area contributed by atoms with Gasteiger partial charge in [-0.1, -0.05) is 29.8 Å². The number of halogens is 1. The quantitative estimate of drug-likeness (QED) is 0.627. The molecule has 0 fully saturated rings. The summed E-state index contributed by atoms with van der Waals surface area (Å²) in [4.78, 5) is 39.9. The van der Waals surface area contributed by atoms with Crippen molar-refractivity contribution in [1.29, 1.82) is 0 Å². The lowest BCUT2D eigenvalue weighted by molar-refractivity contribution is -0.131. The average molecular weight is 422 g/mol. The number of aliphatic carboxylic acids is 1. The van der Waals surface area contributed by atoms with E-state index in [4.69, 9.17) is 16.7 Å². The third-order valence-electron chi connectivity index (χ3n) is 4.73. The summed E-state index contributed by atoms with van der Waals surface area (Å²) in [6.45, 7) is 0.534. The lowest BCUT2D eigenvalue weighted by atomic mass is 10.1. The Balaban J connectivity index is 1.73. The average Bonchev–Trinajstić information content (AvgIpc) is 3.11. The van der Waals surface area contributed by atoms with E-state index >= 15 is 0 Å². The summed E-state index contributed by atoms with van der Waals surface area (Å²) in [7, 11) is 0. The van der Waals surface area contributed by atoms with Crippen LogP contribution in [0.5, 0.6) is 0 Å². The molecule has 1 aliphatic rings. The Morgan fingerprint density at radius 2 is 1.97 bits per heavy atom. The number of aromatic nitrogens is 2. The van der Waals surface area contributed by atoms with Crippen molar-refractivity contribution in [3.8, 4) is 0 Å². The van der Waals surface area contributed by atoms with Crippen molar-refractivity contribution in [3.63, 3.8) is 0 Å². The van der Waals surface area contributed by atoms with Crippen molar-refractivity contribution < 1.29 is 14.7 Å². The molecule has 1 aliphatic heterocycles. The minimum Gasteiger partial charge on any atom is -0.478 e. The van der Waals surface area contributed by atoms with Crippen molar-refractivity contribution in [2.24, 2.45) is 0 Å². The Bertz CT molecular complexity index is 1310. The number of hydrogen-bond acceptors (Lipinski definition) is 4. The molecule has 4 rings (SSSR count). The lowest BCUT2D eigenvalue weighted by Gasteiger charge is -2.08. The first-order valence-electron chi connectivity index (χ1n) is 9.14. The molecule has 0 atom stereocenters. The number of rotatable bonds is 4. The van der Waals surface area contributed by atoms with E-state index in [9.17, 15) is 14.4 Å². The van der Waals surface area contributed by atoms with Crippen molar-refractivity contribution in [3.05, 3.63) is 81.4 Å². The summed E-state index contributed by atoms with van der Waals surface area (Å²) in [6.07, 6.45) is 4.26. The molecule has 2 aromatic carbocycles. The molecule has 1 amide bonds. The van der Waals surface area contributed by atoms with Crippen LogP contribution in [0.2, 0.25) is 5.02 Å². The summed E-state index contributed by atoms with van der Waals surface area (Å²) in [5.74, 6) is -1.23. The number of anilines is 1. The topological polar surface area (TPSA) is 101 Å². The van der Waals surface area contributed by atoms with Crippen molar-refractivity contribution in [2.75, 3.05) is 5.32 Å². The minimum absolute atomic E-state index is 0.152. The van der Waals surface area contributed by atoms with Crippen molar-refractivity contribution >= 4 is 51.7 Å². The molecule has 0 saturated carbocycles. The highest BCUT2D eigenvalue weighted by atomic mass is 35.5. The Kier molecular flexibility index (Phi) is 5.20. The highest BCUT2D eigenvalue weighted by Crippen LogP contribution is 2.29. The highest BCUT2D eigenvalue weighted by Gasteiger charge is 2.21. The van der Waals surface area contributed by atoms with Crippen LogP contribution < -0.4 is 10.9 Å². The van der Waals surface area contributed by atoms with E-state index in [-0.39, 0.29) is 5.56 Å². The molecule has 0 bridgehead atoms. The monoisotopic (exact) mass is 421 g/mol. The van der Waals surface area contributed by atoms with Crippen LogP contribution in [-0.2, 0) is 16.1 Å². The molecule has 3 aromatic rings. The molecule has 0 spiro atoms. The van der Waals surface area contributed by atoms with E-state index in [1.54, 1.807) is 28.8 Å². The molecule has 2 heterocycles. The Morgan fingerprint density at radius 3 is 2.73 bits per heavy atom. The maximum absolute atomic E-state index is 12.9. The Morgan fingerprint density at radius 1 is 1.17 bits per heavy atom. The van der Waals surface area contributed by atoms with Crippen LogP contribution >= 0.6 is 11.6 Å². The summed E-state index contributed by atoms with van der Waals surface area (Å²) >= 11 is 6.25. The van der Waals surface area contributed by atoms with Gasteiger partial charge in [0.2, 0.25) is 5.91 Å². The van der Waals surface area contributed by atoms with E-state index in [1.807, 2.05) is 24.3 Å². The van der Waals surface area contributed by atoms with E-state index in [0.717, 1.165) is 23.3 Å².